The minimum absolute atomic E-state index is 0.00664. The summed E-state index contributed by atoms with van der Waals surface area (Å²) in [5.74, 6) is -0.381. The van der Waals surface area contributed by atoms with Crippen molar-refractivity contribution in [2.75, 3.05) is 12.1 Å². The fourth-order valence-corrected chi connectivity index (χ4v) is 4.82. The summed E-state index contributed by atoms with van der Waals surface area (Å²) in [6.45, 7) is 0. The largest absolute Gasteiger partial charge is 0.495 e. The highest BCUT2D eigenvalue weighted by Crippen LogP contribution is 2.32. The highest BCUT2D eigenvalue weighted by atomic mass is 127. The van der Waals surface area contributed by atoms with Crippen LogP contribution in [0.5, 0.6) is 5.75 Å². The Labute approximate surface area is 186 Å². The number of hydrogen-bond donors (Lipinski definition) is 1. The van der Waals surface area contributed by atoms with Crippen molar-refractivity contribution in [3.05, 3.63) is 58.7 Å². The third-order valence-electron chi connectivity index (χ3n) is 3.59. The molecule has 9 heteroatoms. The molecule has 1 fully saturated rings. The quantitative estimate of drug-likeness (QED) is 0.311. The maximum Gasteiger partial charge on any atom is 0.282 e. The average molecular weight is 615 g/mol. The molecule has 3 rings (SSSR count). The molecule has 26 heavy (non-hydrogen) atoms. The van der Waals surface area contributed by atoms with E-state index in [1.165, 1.54) is 12.1 Å². The van der Waals surface area contributed by atoms with Crippen molar-refractivity contribution in [3.8, 4) is 5.75 Å². The first kappa shape index (κ1) is 19.7. The first-order valence-electron chi connectivity index (χ1n) is 7.17. The fraction of sp³-hybridized carbons (Fsp3) is 0.0588. The minimum atomic E-state index is -0.503. The van der Waals surface area contributed by atoms with E-state index in [-0.39, 0.29) is 10.6 Å². The van der Waals surface area contributed by atoms with Crippen LogP contribution in [0.25, 0.3) is 6.08 Å². The highest BCUT2D eigenvalue weighted by molar-refractivity contribution is 14.1. The van der Waals surface area contributed by atoms with Crippen LogP contribution in [-0.4, -0.2) is 18.9 Å². The molecule has 1 aliphatic rings. The number of nitrogens with one attached hydrogen (secondary N) is 1. The lowest BCUT2D eigenvalue weighted by Crippen LogP contribution is -2.35. The molecule has 134 valence electrons. The van der Waals surface area contributed by atoms with Crippen LogP contribution >= 0.6 is 68.4 Å². The van der Waals surface area contributed by atoms with Gasteiger partial charge in [-0.3, -0.25) is 15.0 Å². The second-order valence-corrected chi connectivity index (χ2v) is 8.47. The molecular weight excluding hydrogens is 605 g/mol. The SMILES string of the molecule is COc1c(I)cc(I)cc1/C=C1\C(=O)NN(c2ccc(Cl)c(Cl)c2)C1=O. The number of amides is 2. The number of hydrogen-bond acceptors (Lipinski definition) is 3. The molecule has 0 atom stereocenters. The maximum atomic E-state index is 12.7. The summed E-state index contributed by atoms with van der Waals surface area (Å²) in [4.78, 5) is 25.1. The van der Waals surface area contributed by atoms with Crippen LogP contribution in [0.4, 0.5) is 5.69 Å². The Balaban J connectivity index is 2.02. The van der Waals surface area contributed by atoms with Gasteiger partial charge in [0.25, 0.3) is 11.8 Å². The number of carbonyl (C=O) groups excluding carboxylic acids is 2. The smallest absolute Gasteiger partial charge is 0.282 e. The molecule has 1 aliphatic heterocycles. The van der Waals surface area contributed by atoms with Crippen LogP contribution in [0.2, 0.25) is 10.0 Å². The van der Waals surface area contributed by atoms with Gasteiger partial charge < -0.3 is 4.74 Å². The van der Waals surface area contributed by atoms with Gasteiger partial charge in [0.15, 0.2) is 0 Å². The fourth-order valence-electron chi connectivity index (χ4n) is 2.42. The molecule has 0 saturated carbocycles. The molecule has 0 spiro atoms. The van der Waals surface area contributed by atoms with Gasteiger partial charge in [0.05, 0.1) is 26.4 Å². The number of carbonyl (C=O) groups is 2. The van der Waals surface area contributed by atoms with Gasteiger partial charge in [0.1, 0.15) is 11.3 Å². The summed E-state index contributed by atoms with van der Waals surface area (Å²) in [5.41, 5.74) is 3.61. The van der Waals surface area contributed by atoms with E-state index in [9.17, 15) is 9.59 Å². The number of hydrazine groups is 1. The van der Waals surface area contributed by atoms with Gasteiger partial charge in [-0.2, -0.15) is 0 Å². The minimum Gasteiger partial charge on any atom is -0.495 e. The van der Waals surface area contributed by atoms with Gasteiger partial charge in [-0.25, -0.2) is 5.01 Å². The van der Waals surface area contributed by atoms with Crippen molar-refractivity contribution in [1.82, 2.24) is 5.43 Å². The zero-order valence-corrected chi connectivity index (χ0v) is 19.0. The van der Waals surface area contributed by atoms with E-state index in [4.69, 9.17) is 27.9 Å². The Bertz CT molecular complexity index is 963. The number of nitrogens with zero attached hydrogens (tertiary/aromatic N) is 1. The topological polar surface area (TPSA) is 58.6 Å². The molecular formula is C17H10Cl2I2N2O3. The number of benzene rings is 2. The van der Waals surface area contributed by atoms with Crippen LogP contribution in [0.15, 0.2) is 35.9 Å². The number of anilines is 1. The van der Waals surface area contributed by atoms with Crippen molar-refractivity contribution >= 4 is 92.0 Å². The van der Waals surface area contributed by atoms with Crippen LogP contribution in [-0.2, 0) is 9.59 Å². The zero-order valence-electron chi connectivity index (χ0n) is 13.1. The molecule has 0 radical (unpaired) electrons. The first-order chi connectivity index (χ1) is 12.3. The number of halogens is 4. The normalized spacial score (nSPS) is 15.6. The highest BCUT2D eigenvalue weighted by Gasteiger charge is 2.35. The van der Waals surface area contributed by atoms with E-state index in [2.05, 4.69) is 50.6 Å². The predicted molar refractivity (Wildman–Crippen MR) is 118 cm³/mol. The molecule has 2 aromatic rings. The van der Waals surface area contributed by atoms with Gasteiger partial charge in [-0.1, -0.05) is 23.2 Å². The second kappa shape index (κ2) is 7.91. The van der Waals surface area contributed by atoms with Gasteiger partial charge in [-0.15, -0.1) is 0 Å². The lowest BCUT2D eigenvalue weighted by Gasteiger charge is -2.15. The molecule has 1 N–H and O–H groups in total. The average Bonchev–Trinajstić information content (AvgIpc) is 2.85. The van der Waals surface area contributed by atoms with E-state index < -0.39 is 11.8 Å². The van der Waals surface area contributed by atoms with E-state index in [0.717, 1.165) is 12.1 Å². The van der Waals surface area contributed by atoms with Gasteiger partial charge in [-0.05, 0) is 81.6 Å². The van der Waals surface area contributed by atoms with E-state index in [1.807, 2.05) is 12.1 Å². The molecule has 0 bridgehead atoms. The number of methoxy groups -OCH3 is 1. The Hall–Kier alpha value is -1.04. The first-order valence-corrected chi connectivity index (χ1v) is 10.1. The van der Waals surface area contributed by atoms with Crippen LogP contribution in [0.1, 0.15) is 5.56 Å². The zero-order chi connectivity index (χ0) is 19.0. The molecule has 0 aliphatic carbocycles. The maximum absolute atomic E-state index is 12.7. The third-order valence-corrected chi connectivity index (χ3v) is 5.76. The Kier molecular flexibility index (Phi) is 6.00. The predicted octanol–water partition coefficient (Wildman–Crippen LogP) is 4.67. The van der Waals surface area contributed by atoms with Crippen molar-refractivity contribution < 1.29 is 14.3 Å². The number of ether oxygens (including phenoxy) is 1. The molecule has 1 heterocycles. The standard InChI is InChI=1S/C17H10Cl2I2N2O3/c1-26-15-8(4-9(20)6-14(15)21)5-11-16(24)22-23(17(11)25)10-2-3-12(18)13(19)7-10/h2-7H,1H3,(H,22,24)/b11-5+. The van der Waals surface area contributed by atoms with Gasteiger partial charge in [0, 0.05) is 9.13 Å². The van der Waals surface area contributed by atoms with Crippen molar-refractivity contribution in [2.45, 2.75) is 0 Å². The Morgan fingerprint density at radius 1 is 1.12 bits per heavy atom. The summed E-state index contributed by atoms with van der Waals surface area (Å²) < 4.78 is 7.26. The molecule has 2 amide bonds. The van der Waals surface area contributed by atoms with Gasteiger partial charge >= 0.3 is 0 Å². The third kappa shape index (κ3) is 3.80. The summed E-state index contributed by atoms with van der Waals surface area (Å²) in [6.07, 6.45) is 1.53. The molecule has 1 saturated heterocycles. The summed E-state index contributed by atoms with van der Waals surface area (Å²) >= 11 is 16.2. The summed E-state index contributed by atoms with van der Waals surface area (Å²) in [6, 6.07) is 8.47. The summed E-state index contributed by atoms with van der Waals surface area (Å²) in [5, 5.41) is 1.79. The molecule has 2 aromatic carbocycles. The van der Waals surface area contributed by atoms with Crippen molar-refractivity contribution in [3.63, 3.8) is 0 Å². The monoisotopic (exact) mass is 614 g/mol. The van der Waals surface area contributed by atoms with Crippen LogP contribution in [0, 0.1) is 7.14 Å². The molecule has 0 unspecified atom stereocenters. The van der Waals surface area contributed by atoms with E-state index in [0.29, 0.717) is 22.0 Å². The van der Waals surface area contributed by atoms with Crippen molar-refractivity contribution in [1.29, 1.82) is 0 Å². The lowest BCUT2D eigenvalue weighted by atomic mass is 10.1. The second-order valence-electron chi connectivity index (χ2n) is 5.25. The number of rotatable bonds is 3. The van der Waals surface area contributed by atoms with Crippen molar-refractivity contribution in [2.24, 2.45) is 0 Å². The van der Waals surface area contributed by atoms with E-state index in [1.54, 1.807) is 19.2 Å². The van der Waals surface area contributed by atoms with E-state index >= 15 is 0 Å². The lowest BCUT2D eigenvalue weighted by molar-refractivity contribution is -0.117. The summed E-state index contributed by atoms with van der Waals surface area (Å²) in [7, 11) is 1.55. The molecule has 5 nitrogen and oxygen atoms in total. The van der Waals surface area contributed by atoms with Crippen LogP contribution < -0.4 is 15.2 Å². The van der Waals surface area contributed by atoms with Gasteiger partial charge in [0.2, 0.25) is 0 Å². The molecule has 0 aromatic heterocycles. The Morgan fingerprint density at radius 3 is 2.50 bits per heavy atom. The van der Waals surface area contributed by atoms with Crippen LogP contribution in [0.3, 0.4) is 0 Å². The Morgan fingerprint density at radius 2 is 1.85 bits per heavy atom.